The van der Waals surface area contributed by atoms with Crippen LogP contribution in [-0.2, 0) is 16.1 Å². The topological polar surface area (TPSA) is 77.0 Å². The minimum absolute atomic E-state index is 0.0672. The van der Waals surface area contributed by atoms with E-state index in [1.54, 1.807) is 14.2 Å². The largest absolute Gasteiger partial charge is 0.480 e. The Morgan fingerprint density at radius 3 is 2.69 bits per heavy atom. The van der Waals surface area contributed by atoms with E-state index < -0.39 is 0 Å². The molecule has 1 unspecified atom stereocenters. The third-order valence-corrected chi connectivity index (χ3v) is 6.78. The van der Waals surface area contributed by atoms with Gasteiger partial charge in [0, 0.05) is 46.4 Å². The van der Waals surface area contributed by atoms with Gasteiger partial charge >= 0.3 is 0 Å². The summed E-state index contributed by atoms with van der Waals surface area (Å²) in [6.45, 7) is 7.34. The molecule has 2 aromatic heterocycles. The van der Waals surface area contributed by atoms with Crippen LogP contribution in [0.4, 0.5) is 0 Å². The third-order valence-electron chi connectivity index (χ3n) is 5.61. The fourth-order valence-electron chi connectivity index (χ4n) is 4.04. The van der Waals surface area contributed by atoms with Gasteiger partial charge in [-0.25, -0.2) is 4.98 Å². The van der Waals surface area contributed by atoms with E-state index in [2.05, 4.69) is 14.9 Å². The second kappa shape index (κ2) is 8.91. The van der Waals surface area contributed by atoms with Crippen LogP contribution < -0.4 is 4.74 Å². The van der Waals surface area contributed by atoms with Crippen molar-refractivity contribution in [2.75, 3.05) is 53.6 Å². The Bertz CT molecular complexity index is 873. The van der Waals surface area contributed by atoms with Crippen LogP contribution in [0.15, 0.2) is 0 Å². The van der Waals surface area contributed by atoms with Gasteiger partial charge in [0.05, 0.1) is 23.5 Å². The minimum atomic E-state index is 0.0672. The molecular weight excluding hydrogens is 392 g/mol. The Labute approximate surface area is 174 Å². The molecule has 158 valence electrons. The summed E-state index contributed by atoms with van der Waals surface area (Å²) in [6.07, 6.45) is 2.66. The summed E-state index contributed by atoms with van der Waals surface area (Å²) in [5.41, 5.74) is 0.887. The molecule has 2 saturated heterocycles. The van der Waals surface area contributed by atoms with Crippen LogP contribution in [0.25, 0.3) is 10.2 Å². The number of nitrogens with zero attached hydrogens (tertiary/aromatic N) is 4. The van der Waals surface area contributed by atoms with Gasteiger partial charge < -0.3 is 19.1 Å². The van der Waals surface area contributed by atoms with Crippen LogP contribution in [0.1, 0.15) is 33.9 Å². The lowest BCUT2D eigenvalue weighted by Crippen LogP contribution is -2.50. The quantitative estimate of drug-likeness (QED) is 0.708. The molecule has 9 heteroatoms. The Morgan fingerprint density at radius 1 is 1.24 bits per heavy atom. The van der Waals surface area contributed by atoms with Crippen molar-refractivity contribution in [3.63, 3.8) is 0 Å². The molecule has 0 aliphatic carbocycles. The predicted molar refractivity (Wildman–Crippen MR) is 111 cm³/mol. The van der Waals surface area contributed by atoms with Crippen LogP contribution in [-0.4, -0.2) is 85.3 Å². The highest BCUT2D eigenvalue weighted by molar-refractivity contribution is 7.20. The van der Waals surface area contributed by atoms with Crippen LogP contribution >= 0.6 is 11.3 Å². The number of carbonyl (C=O) groups excluding carboxylic acids is 1. The molecule has 2 aliphatic heterocycles. The summed E-state index contributed by atoms with van der Waals surface area (Å²) in [6, 6.07) is 0. The lowest BCUT2D eigenvalue weighted by atomic mass is 10.1. The smallest absolute Gasteiger partial charge is 0.264 e. The molecule has 0 aromatic carbocycles. The van der Waals surface area contributed by atoms with Gasteiger partial charge in [0.25, 0.3) is 5.91 Å². The average molecular weight is 421 g/mol. The van der Waals surface area contributed by atoms with Crippen molar-refractivity contribution in [3.05, 3.63) is 16.3 Å². The molecule has 1 atom stereocenters. The van der Waals surface area contributed by atoms with Gasteiger partial charge in [-0.3, -0.25) is 9.69 Å². The standard InChI is InChI=1S/C20H28N4O4S/c1-13-16-18(27-3)21-15(12-26-2)22-19(16)29-17(13)20(25)24-8-6-23(7-9-24)11-14-5-4-10-28-14/h14H,4-12H2,1-3H3. The lowest BCUT2D eigenvalue weighted by molar-refractivity contribution is 0.0435. The van der Waals surface area contributed by atoms with Crippen molar-refractivity contribution in [1.82, 2.24) is 19.8 Å². The predicted octanol–water partition coefficient (Wildman–Crippen LogP) is 2.09. The molecule has 0 saturated carbocycles. The number of thiophene rings is 1. The number of aryl methyl sites for hydroxylation is 1. The first kappa shape index (κ1) is 20.5. The highest BCUT2D eigenvalue weighted by Gasteiger charge is 2.28. The van der Waals surface area contributed by atoms with Gasteiger partial charge in [0.1, 0.15) is 11.4 Å². The SMILES string of the molecule is COCc1nc(OC)c2c(C)c(C(=O)N3CCN(CC4CCCO4)CC3)sc2n1. The molecule has 0 N–H and O–H groups in total. The number of aromatic nitrogens is 2. The highest BCUT2D eigenvalue weighted by atomic mass is 32.1. The molecule has 8 nitrogen and oxygen atoms in total. The fraction of sp³-hybridized carbons (Fsp3) is 0.650. The van der Waals surface area contributed by atoms with Gasteiger partial charge in [-0.05, 0) is 25.3 Å². The van der Waals surface area contributed by atoms with Crippen molar-refractivity contribution in [3.8, 4) is 5.88 Å². The van der Waals surface area contributed by atoms with Crippen molar-refractivity contribution in [2.24, 2.45) is 0 Å². The molecule has 0 bridgehead atoms. The second-order valence-electron chi connectivity index (χ2n) is 7.55. The zero-order chi connectivity index (χ0) is 20.4. The molecule has 29 heavy (non-hydrogen) atoms. The zero-order valence-corrected chi connectivity index (χ0v) is 18.1. The summed E-state index contributed by atoms with van der Waals surface area (Å²) < 4.78 is 16.4. The second-order valence-corrected chi connectivity index (χ2v) is 8.55. The summed E-state index contributed by atoms with van der Waals surface area (Å²) in [7, 11) is 3.19. The van der Waals surface area contributed by atoms with E-state index in [9.17, 15) is 4.79 Å². The number of amides is 1. The van der Waals surface area contributed by atoms with Gasteiger partial charge in [0.2, 0.25) is 5.88 Å². The lowest BCUT2D eigenvalue weighted by Gasteiger charge is -2.35. The third kappa shape index (κ3) is 4.23. The van der Waals surface area contributed by atoms with Crippen molar-refractivity contribution in [1.29, 1.82) is 0 Å². The molecule has 0 radical (unpaired) electrons. The van der Waals surface area contributed by atoms with E-state index in [0.29, 0.717) is 24.4 Å². The normalized spacial score (nSPS) is 20.5. The summed E-state index contributed by atoms with van der Waals surface area (Å²) in [5.74, 6) is 1.12. The summed E-state index contributed by atoms with van der Waals surface area (Å²) in [5, 5.41) is 0.817. The number of methoxy groups -OCH3 is 2. The molecule has 1 amide bonds. The molecular formula is C20H28N4O4S. The molecule has 0 spiro atoms. The Hall–Kier alpha value is -1.81. The van der Waals surface area contributed by atoms with Crippen molar-refractivity contribution >= 4 is 27.5 Å². The number of piperazine rings is 1. The number of ether oxygens (including phenoxy) is 3. The van der Waals surface area contributed by atoms with Gasteiger partial charge in [0.15, 0.2) is 5.82 Å². The molecule has 2 aliphatic rings. The maximum atomic E-state index is 13.2. The van der Waals surface area contributed by atoms with Gasteiger partial charge in [-0.1, -0.05) is 0 Å². The van der Waals surface area contributed by atoms with Crippen molar-refractivity contribution in [2.45, 2.75) is 32.5 Å². The maximum Gasteiger partial charge on any atom is 0.264 e. The first-order valence-electron chi connectivity index (χ1n) is 10.1. The van der Waals surface area contributed by atoms with Crippen LogP contribution in [0.2, 0.25) is 0 Å². The Balaban J connectivity index is 1.49. The maximum absolute atomic E-state index is 13.2. The average Bonchev–Trinajstić information content (AvgIpc) is 3.35. The van der Waals surface area contributed by atoms with Crippen LogP contribution in [0.5, 0.6) is 5.88 Å². The zero-order valence-electron chi connectivity index (χ0n) is 17.3. The number of hydrogen-bond donors (Lipinski definition) is 0. The van der Waals surface area contributed by atoms with E-state index >= 15 is 0 Å². The van der Waals surface area contributed by atoms with Gasteiger partial charge in [-0.2, -0.15) is 4.98 Å². The summed E-state index contributed by atoms with van der Waals surface area (Å²) >= 11 is 1.41. The highest BCUT2D eigenvalue weighted by Crippen LogP contribution is 2.35. The van der Waals surface area contributed by atoms with E-state index in [4.69, 9.17) is 14.2 Å². The van der Waals surface area contributed by atoms with Crippen molar-refractivity contribution < 1.29 is 19.0 Å². The molecule has 2 aromatic rings. The number of hydrogen-bond acceptors (Lipinski definition) is 8. The number of fused-ring (bicyclic) bond motifs is 1. The first-order chi connectivity index (χ1) is 14.1. The fourth-order valence-corrected chi connectivity index (χ4v) is 5.20. The monoisotopic (exact) mass is 420 g/mol. The first-order valence-corrected chi connectivity index (χ1v) is 10.9. The Kier molecular flexibility index (Phi) is 6.29. The van der Waals surface area contributed by atoms with E-state index in [1.165, 1.54) is 11.3 Å². The van der Waals surface area contributed by atoms with E-state index in [1.807, 2.05) is 11.8 Å². The van der Waals surface area contributed by atoms with E-state index in [-0.39, 0.29) is 5.91 Å². The van der Waals surface area contributed by atoms with E-state index in [0.717, 1.165) is 72.8 Å². The number of carbonyl (C=O) groups is 1. The van der Waals surface area contributed by atoms with Crippen LogP contribution in [0.3, 0.4) is 0 Å². The Morgan fingerprint density at radius 2 is 2.03 bits per heavy atom. The molecule has 2 fully saturated rings. The molecule has 4 heterocycles. The molecule has 4 rings (SSSR count). The summed E-state index contributed by atoms with van der Waals surface area (Å²) in [4.78, 5) is 28.0. The minimum Gasteiger partial charge on any atom is -0.480 e. The van der Waals surface area contributed by atoms with Gasteiger partial charge in [-0.15, -0.1) is 11.3 Å². The number of rotatable bonds is 6. The van der Waals surface area contributed by atoms with Crippen LogP contribution in [0, 0.1) is 6.92 Å².